The summed E-state index contributed by atoms with van der Waals surface area (Å²) in [5.41, 5.74) is 7.86. The summed E-state index contributed by atoms with van der Waals surface area (Å²) in [6.07, 6.45) is 0. The molecule has 5 heteroatoms. The van der Waals surface area contributed by atoms with E-state index in [9.17, 15) is 9.18 Å². The summed E-state index contributed by atoms with van der Waals surface area (Å²) in [4.78, 5) is 12.0. The monoisotopic (exact) mass is 336 g/mol. The predicted octanol–water partition coefficient (Wildman–Crippen LogP) is 2.98. The van der Waals surface area contributed by atoms with Crippen LogP contribution in [0.5, 0.6) is 0 Å². The molecule has 0 aliphatic heterocycles. The minimum absolute atomic E-state index is 0.280. The first-order chi connectivity index (χ1) is 9.60. The molecule has 0 saturated heterocycles. The lowest BCUT2D eigenvalue weighted by Crippen LogP contribution is -2.23. The molecule has 0 aromatic heterocycles. The molecule has 3 N–H and O–H groups in total. The van der Waals surface area contributed by atoms with Gasteiger partial charge in [-0.25, -0.2) is 4.39 Å². The third-order valence-corrected chi connectivity index (χ3v) is 3.36. The quantitative estimate of drug-likeness (QED) is 0.901. The second-order valence-corrected chi connectivity index (χ2v) is 5.23. The molecule has 0 unspecified atom stereocenters. The van der Waals surface area contributed by atoms with Crippen LogP contribution in [0.3, 0.4) is 0 Å². The Balaban J connectivity index is 2.08. The van der Waals surface area contributed by atoms with Crippen molar-refractivity contribution in [1.82, 2.24) is 5.32 Å². The second-order valence-electron chi connectivity index (χ2n) is 4.31. The van der Waals surface area contributed by atoms with Gasteiger partial charge in [0.05, 0.1) is 0 Å². The maximum atomic E-state index is 13.2. The van der Waals surface area contributed by atoms with Crippen LogP contribution in [-0.2, 0) is 13.1 Å². The first-order valence-electron chi connectivity index (χ1n) is 6.11. The normalized spacial score (nSPS) is 10.3. The van der Waals surface area contributed by atoms with Crippen LogP contribution < -0.4 is 11.1 Å². The molecule has 0 saturated carbocycles. The Morgan fingerprint density at radius 3 is 2.55 bits per heavy atom. The largest absolute Gasteiger partial charge is 0.348 e. The molecule has 2 aromatic carbocycles. The van der Waals surface area contributed by atoms with Crippen molar-refractivity contribution in [3.05, 3.63) is 69.4 Å². The van der Waals surface area contributed by atoms with E-state index in [1.807, 2.05) is 24.3 Å². The minimum Gasteiger partial charge on any atom is -0.348 e. The summed E-state index contributed by atoms with van der Waals surface area (Å²) in [5.74, 6) is -0.774. The number of amides is 1. The van der Waals surface area contributed by atoms with E-state index < -0.39 is 5.82 Å². The van der Waals surface area contributed by atoms with Crippen molar-refractivity contribution in [3.63, 3.8) is 0 Å². The number of carbonyl (C=O) groups is 1. The fraction of sp³-hybridized carbons (Fsp3) is 0.133. The summed E-state index contributed by atoms with van der Waals surface area (Å²) in [7, 11) is 0. The molecule has 2 aromatic rings. The van der Waals surface area contributed by atoms with Gasteiger partial charge in [0.25, 0.3) is 5.91 Å². The Labute approximate surface area is 125 Å². The van der Waals surface area contributed by atoms with Crippen molar-refractivity contribution >= 4 is 21.8 Å². The van der Waals surface area contributed by atoms with Gasteiger partial charge in [0.15, 0.2) is 0 Å². The summed E-state index contributed by atoms with van der Waals surface area (Å²) in [6.45, 7) is 0.776. The van der Waals surface area contributed by atoms with Crippen molar-refractivity contribution in [3.8, 4) is 0 Å². The van der Waals surface area contributed by atoms with E-state index in [0.717, 1.165) is 11.1 Å². The van der Waals surface area contributed by atoms with Crippen molar-refractivity contribution < 1.29 is 9.18 Å². The maximum Gasteiger partial charge on any atom is 0.251 e. The predicted molar refractivity (Wildman–Crippen MR) is 79.6 cm³/mol. The standard InChI is InChI=1S/C15H14BrFN2O/c16-13-5-12(6-14(17)7-13)15(20)19-9-11-4-2-1-3-10(11)8-18/h1-7H,8-9,18H2,(H,19,20). The van der Waals surface area contributed by atoms with Gasteiger partial charge in [-0.05, 0) is 29.3 Å². The highest BCUT2D eigenvalue weighted by atomic mass is 79.9. The molecule has 0 heterocycles. The summed E-state index contributed by atoms with van der Waals surface area (Å²) in [6, 6.07) is 11.7. The van der Waals surface area contributed by atoms with Gasteiger partial charge in [-0.2, -0.15) is 0 Å². The number of nitrogens with two attached hydrogens (primary N) is 1. The molecule has 20 heavy (non-hydrogen) atoms. The molecule has 104 valence electrons. The average Bonchev–Trinajstić information content (AvgIpc) is 2.44. The van der Waals surface area contributed by atoms with Crippen molar-refractivity contribution in [2.75, 3.05) is 0 Å². The fourth-order valence-corrected chi connectivity index (χ4v) is 2.36. The van der Waals surface area contributed by atoms with E-state index in [4.69, 9.17) is 5.73 Å². The molecule has 0 aliphatic carbocycles. The average molecular weight is 337 g/mol. The Morgan fingerprint density at radius 2 is 1.90 bits per heavy atom. The maximum absolute atomic E-state index is 13.2. The van der Waals surface area contributed by atoms with Crippen molar-refractivity contribution in [2.24, 2.45) is 5.73 Å². The lowest BCUT2D eigenvalue weighted by molar-refractivity contribution is 0.0950. The molecule has 3 nitrogen and oxygen atoms in total. The topological polar surface area (TPSA) is 55.1 Å². The van der Waals surface area contributed by atoms with Gasteiger partial charge in [-0.15, -0.1) is 0 Å². The number of nitrogens with one attached hydrogen (secondary N) is 1. The zero-order valence-electron chi connectivity index (χ0n) is 10.7. The van der Waals surface area contributed by atoms with Crippen LogP contribution in [0, 0.1) is 5.82 Å². The molecule has 0 aliphatic rings. The van der Waals surface area contributed by atoms with Gasteiger partial charge in [-0.1, -0.05) is 40.2 Å². The third-order valence-electron chi connectivity index (χ3n) is 2.90. The molecule has 0 bridgehead atoms. The molecule has 0 atom stereocenters. The van der Waals surface area contributed by atoms with Gasteiger partial charge in [0.1, 0.15) is 5.82 Å². The molecule has 0 fully saturated rings. The number of hydrogen-bond donors (Lipinski definition) is 2. The van der Waals surface area contributed by atoms with Crippen LogP contribution in [0.2, 0.25) is 0 Å². The van der Waals surface area contributed by atoms with Gasteiger partial charge in [-0.3, -0.25) is 4.79 Å². The Hall–Kier alpha value is -1.72. The highest BCUT2D eigenvalue weighted by Crippen LogP contribution is 2.15. The number of carbonyl (C=O) groups excluding carboxylic acids is 1. The van der Waals surface area contributed by atoms with Crippen LogP contribution in [0.4, 0.5) is 4.39 Å². The van der Waals surface area contributed by atoms with E-state index in [0.29, 0.717) is 17.6 Å². The van der Waals surface area contributed by atoms with Crippen LogP contribution in [0.15, 0.2) is 46.9 Å². The third kappa shape index (κ3) is 3.65. The zero-order chi connectivity index (χ0) is 14.5. The highest BCUT2D eigenvalue weighted by molar-refractivity contribution is 9.10. The molecule has 2 rings (SSSR count). The van der Waals surface area contributed by atoms with Crippen molar-refractivity contribution in [2.45, 2.75) is 13.1 Å². The highest BCUT2D eigenvalue weighted by Gasteiger charge is 2.09. The van der Waals surface area contributed by atoms with E-state index in [-0.39, 0.29) is 11.5 Å². The van der Waals surface area contributed by atoms with Crippen LogP contribution in [-0.4, -0.2) is 5.91 Å². The Morgan fingerprint density at radius 1 is 1.20 bits per heavy atom. The molecular weight excluding hydrogens is 323 g/mol. The van der Waals surface area contributed by atoms with E-state index in [1.165, 1.54) is 12.1 Å². The fourth-order valence-electron chi connectivity index (χ4n) is 1.89. The summed E-state index contributed by atoms with van der Waals surface area (Å²) in [5, 5.41) is 2.76. The number of halogens is 2. The first kappa shape index (κ1) is 14.7. The first-order valence-corrected chi connectivity index (χ1v) is 6.90. The van der Waals surface area contributed by atoms with Crippen LogP contribution in [0.25, 0.3) is 0 Å². The summed E-state index contributed by atoms with van der Waals surface area (Å²) < 4.78 is 13.8. The molecule has 0 radical (unpaired) electrons. The Kier molecular flexibility index (Phi) is 4.87. The van der Waals surface area contributed by atoms with Gasteiger partial charge in [0, 0.05) is 23.1 Å². The molecular formula is C15H14BrFN2O. The molecule has 0 spiro atoms. The van der Waals surface area contributed by atoms with Crippen molar-refractivity contribution in [1.29, 1.82) is 0 Å². The van der Waals surface area contributed by atoms with E-state index in [1.54, 1.807) is 6.07 Å². The number of rotatable bonds is 4. The van der Waals surface area contributed by atoms with Gasteiger partial charge >= 0.3 is 0 Å². The SMILES string of the molecule is NCc1ccccc1CNC(=O)c1cc(F)cc(Br)c1. The van der Waals surface area contributed by atoms with Gasteiger partial charge in [0.2, 0.25) is 0 Å². The number of benzene rings is 2. The minimum atomic E-state index is -0.452. The smallest absolute Gasteiger partial charge is 0.251 e. The van der Waals surface area contributed by atoms with Crippen LogP contribution in [0.1, 0.15) is 21.5 Å². The van der Waals surface area contributed by atoms with Crippen LogP contribution >= 0.6 is 15.9 Å². The van der Waals surface area contributed by atoms with E-state index in [2.05, 4.69) is 21.2 Å². The lowest BCUT2D eigenvalue weighted by Gasteiger charge is -2.09. The zero-order valence-corrected chi connectivity index (χ0v) is 12.3. The second kappa shape index (κ2) is 6.63. The van der Waals surface area contributed by atoms with Gasteiger partial charge < -0.3 is 11.1 Å². The Bertz CT molecular complexity index is 611. The lowest BCUT2D eigenvalue weighted by atomic mass is 10.1. The van der Waals surface area contributed by atoms with E-state index >= 15 is 0 Å². The summed E-state index contributed by atoms with van der Waals surface area (Å²) >= 11 is 3.16. The molecule has 1 amide bonds. The number of hydrogen-bond acceptors (Lipinski definition) is 2.